The summed E-state index contributed by atoms with van der Waals surface area (Å²) in [5.74, 6) is 0.701. The number of aromatic hydroxyl groups is 1. The zero-order chi connectivity index (χ0) is 21.8. The van der Waals surface area contributed by atoms with E-state index in [1.165, 1.54) is 11.8 Å². The Morgan fingerprint density at radius 1 is 0.935 bits per heavy atom. The summed E-state index contributed by atoms with van der Waals surface area (Å²) in [5, 5.41) is 22.5. The number of carbonyl (C=O) groups is 1. The standard InChI is InChI=1S/C24H22N4O2S/c1-16-9-8-10-17(2)22(16)25-21(30)15-31-24-27-26-23(19-13-6-7-14-20(19)29)28(24)18-11-4-3-5-12-18/h3-14,29H,15H2,1-2H3,(H,25,30). The first kappa shape index (κ1) is 20.7. The number of phenols is 1. The summed E-state index contributed by atoms with van der Waals surface area (Å²) in [5.41, 5.74) is 4.31. The Bertz CT molecular complexity index is 1200. The molecule has 0 aliphatic heterocycles. The van der Waals surface area contributed by atoms with Crippen LogP contribution in [0.2, 0.25) is 0 Å². The third-order valence-electron chi connectivity index (χ3n) is 4.87. The number of anilines is 1. The number of phenolic OH excluding ortho intramolecular Hbond substituents is 1. The second kappa shape index (κ2) is 9.06. The van der Waals surface area contributed by atoms with Gasteiger partial charge in [0.15, 0.2) is 11.0 Å². The van der Waals surface area contributed by atoms with Crippen molar-refractivity contribution < 1.29 is 9.90 Å². The van der Waals surface area contributed by atoms with Gasteiger partial charge in [0.05, 0.1) is 11.3 Å². The Kier molecular flexibility index (Phi) is 6.04. The van der Waals surface area contributed by atoms with Crippen LogP contribution in [0.3, 0.4) is 0 Å². The fourth-order valence-corrected chi connectivity index (χ4v) is 4.08. The highest BCUT2D eigenvalue weighted by Gasteiger charge is 2.19. The van der Waals surface area contributed by atoms with Crippen LogP contribution < -0.4 is 5.32 Å². The fraction of sp³-hybridized carbons (Fsp3) is 0.125. The van der Waals surface area contributed by atoms with Gasteiger partial charge in [-0.15, -0.1) is 10.2 Å². The molecule has 0 spiro atoms. The largest absolute Gasteiger partial charge is 0.507 e. The topological polar surface area (TPSA) is 80.0 Å². The lowest BCUT2D eigenvalue weighted by Gasteiger charge is -2.12. The minimum Gasteiger partial charge on any atom is -0.507 e. The molecule has 0 bridgehead atoms. The summed E-state index contributed by atoms with van der Waals surface area (Å²) >= 11 is 1.30. The second-order valence-corrected chi connectivity index (χ2v) is 8.04. The Morgan fingerprint density at radius 3 is 2.32 bits per heavy atom. The SMILES string of the molecule is Cc1cccc(C)c1NC(=O)CSc1nnc(-c2ccccc2O)n1-c1ccccc1. The molecule has 6 nitrogen and oxygen atoms in total. The minimum atomic E-state index is -0.117. The lowest BCUT2D eigenvalue weighted by molar-refractivity contribution is -0.113. The van der Waals surface area contributed by atoms with E-state index in [9.17, 15) is 9.90 Å². The van der Waals surface area contributed by atoms with Crippen LogP contribution in [-0.2, 0) is 4.79 Å². The predicted octanol–water partition coefficient (Wildman–Crippen LogP) is 4.99. The van der Waals surface area contributed by atoms with Gasteiger partial charge in [-0.3, -0.25) is 9.36 Å². The summed E-state index contributed by atoms with van der Waals surface area (Å²) < 4.78 is 1.85. The molecule has 0 atom stereocenters. The highest BCUT2D eigenvalue weighted by molar-refractivity contribution is 7.99. The number of aryl methyl sites for hydroxylation is 2. The molecule has 0 saturated carbocycles. The average molecular weight is 431 g/mol. The maximum atomic E-state index is 12.6. The van der Waals surface area contributed by atoms with Crippen molar-refractivity contribution in [2.45, 2.75) is 19.0 Å². The molecule has 3 aromatic carbocycles. The molecule has 31 heavy (non-hydrogen) atoms. The summed E-state index contributed by atoms with van der Waals surface area (Å²) in [7, 11) is 0. The van der Waals surface area contributed by atoms with Gasteiger partial charge < -0.3 is 10.4 Å². The zero-order valence-electron chi connectivity index (χ0n) is 17.2. The monoisotopic (exact) mass is 430 g/mol. The van der Waals surface area contributed by atoms with Gasteiger partial charge in [0.1, 0.15) is 5.75 Å². The highest BCUT2D eigenvalue weighted by Crippen LogP contribution is 2.32. The van der Waals surface area contributed by atoms with Gasteiger partial charge in [0.25, 0.3) is 0 Å². The van der Waals surface area contributed by atoms with Crippen LogP contribution in [-0.4, -0.2) is 31.5 Å². The lowest BCUT2D eigenvalue weighted by atomic mass is 10.1. The van der Waals surface area contributed by atoms with Crippen molar-refractivity contribution in [2.24, 2.45) is 0 Å². The van der Waals surface area contributed by atoms with Crippen LogP contribution in [0.5, 0.6) is 5.75 Å². The Hall–Kier alpha value is -3.58. The molecule has 1 heterocycles. The van der Waals surface area contributed by atoms with Crippen LogP contribution in [0.25, 0.3) is 17.1 Å². The fourth-order valence-electron chi connectivity index (χ4n) is 3.33. The number of benzene rings is 3. The van der Waals surface area contributed by atoms with E-state index in [2.05, 4.69) is 15.5 Å². The third-order valence-corrected chi connectivity index (χ3v) is 5.80. The van der Waals surface area contributed by atoms with Gasteiger partial charge in [-0.05, 0) is 49.2 Å². The molecule has 0 aliphatic rings. The van der Waals surface area contributed by atoms with E-state index in [1.54, 1.807) is 18.2 Å². The molecular weight excluding hydrogens is 408 g/mol. The van der Waals surface area contributed by atoms with Gasteiger partial charge in [-0.1, -0.05) is 60.3 Å². The third kappa shape index (κ3) is 4.46. The summed E-state index contributed by atoms with van der Waals surface area (Å²) in [6.07, 6.45) is 0. The first-order valence-corrected chi connectivity index (χ1v) is 10.8. The number of carbonyl (C=O) groups excluding carboxylic acids is 1. The summed E-state index contributed by atoms with van der Waals surface area (Å²) in [4.78, 5) is 12.6. The van der Waals surface area contributed by atoms with Crippen molar-refractivity contribution in [3.8, 4) is 22.8 Å². The molecule has 156 valence electrons. The maximum absolute atomic E-state index is 12.6. The van der Waals surface area contributed by atoms with Crippen molar-refractivity contribution >= 4 is 23.4 Å². The number of nitrogens with zero attached hydrogens (tertiary/aromatic N) is 3. The van der Waals surface area contributed by atoms with E-state index in [-0.39, 0.29) is 17.4 Å². The van der Waals surface area contributed by atoms with Crippen LogP contribution in [0.1, 0.15) is 11.1 Å². The molecule has 1 aromatic heterocycles. The number of nitrogens with one attached hydrogen (secondary N) is 1. The second-order valence-electron chi connectivity index (χ2n) is 7.10. The minimum absolute atomic E-state index is 0.117. The molecule has 2 N–H and O–H groups in total. The summed E-state index contributed by atoms with van der Waals surface area (Å²) in [6, 6.07) is 22.6. The number of amides is 1. The predicted molar refractivity (Wildman–Crippen MR) is 124 cm³/mol. The number of thioether (sulfide) groups is 1. The number of aromatic nitrogens is 3. The van der Waals surface area contributed by atoms with Gasteiger partial charge >= 0.3 is 0 Å². The number of rotatable bonds is 6. The lowest BCUT2D eigenvalue weighted by Crippen LogP contribution is -2.16. The van der Waals surface area contributed by atoms with E-state index < -0.39 is 0 Å². The van der Waals surface area contributed by atoms with E-state index >= 15 is 0 Å². The Balaban J connectivity index is 1.62. The Morgan fingerprint density at radius 2 is 1.61 bits per heavy atom. The van der Waals surface area contributed by atoms with Gasteiger partial charge in [-0.25, -0.2) is 0 Å². The molecule has 0 saturated heterocycles. The van der Waals surface area contributed by atoms with E-state index in [0.717, 1.165) is 22.5 Å². The quantitative estimate of drug-likeness (QED) is 0.421. The number of hydrogen-bond acceptors (Lipinski definition) is 5. The van der Waals surface area contributed by atoms with E-state index in [1.807, 2.05) is 73.0 Å². The van der Waals surface area contributed by atoms with E-state index in [4.69, 9.17) is 0 Å². The van der Waals surface area contributed by atoms with Crippen LogP contribution in [0.4, 0.5) is 5.69 Å². The van der Waals surface area contributed by atoms with Crippen LogP contribution in [0, 0.1) is 13.8 Å². The maximum Gasteiger partial charge on any atom is 0.234 e. The molecular formula is C24H22N4O2S. The molecule has 0 aliphatic carbocycles. The van der Waals surface area contributed by atoms with Crippen LogP contribution >= 0.6 is 11.8 Å². The molecule has 4 rings (SSSR count). The Labute approximate surface area is 185 Å². The first-order valence-electron chi connectivity index (χ1n) is 9.82. The molecule has 0 radical (unpaired) electrons. The van der Waals surface area contributed by atoms with Gasteiger partial charge in [0.2, 0.25) is 5.91 Å². The highest BCUT2D eigenvalue weighted by atomic mass is 32.2. The zero-order valence-corrected chi connectivity index (χ0v) is 18.1. The van der Waals surface area contributed by atoms with Gasteiger partial charge in [0, 0.05) is 11.4 Å². The molecule has 0 unspecified atom stereocenters. The van der Waals surface area contributed by atoms with Crippen molar-refractivity contribution in [1.82, 2.24) is 14.8 Å². The average Bonchev–Trinajstić information content (AvgIpc) is 3.19. The molecule has 1 amide bonds. The van der Waals surface area contributed by atoms with Crippen molar-refractivity contribution in [3.63, 3.8) is 0 Å². The van der Waals surface area contributed by atoms with E-state index in [0.29, 0.717) is 16.5 Å². The summed E-state index contributed by atoms with van der Waals surface area (Å²) in [6.45, 7) is 3.95. The van der Waals surface area contributed by atoms with Crippen LogP contribution in [0.15, 0.2) is 78.0 Å². The van der Waals surface area contributed by atoms with Crippen molar-refractivity contribution in [2.75, 3.05) is 11.1 Å². The number of para-hydroxylation sites is 3. The van der Waals surface area contributed by atoms with Gasteiger partial charge in [-0.2, -0.15) is 0 Å². The first-order chi connectivity index (χ1) is 15.0. The van der Waals surface area contributed by atoms with Crippen molar-refractivity contribution in [1.29, 1.82) is 0 Å². The molecule has 4 aromatic rings. The smallest absolute Gasteiger partial charge is 0.234 e. The van der Waals surface area contributed by atoms with Crippen molar-refractivity contribution in [3.05, 3.63) is 83.9 Å². The number of hydrogen-bond donors (Lipinski definition) is 2. The molecule has 0 fully saturated rings. The normalized spacial score (nSPS) is 10.8. The molecule has 7 heteroatoms.